The first-order chi connectivity index (χ1) is 7.12. The highest BCUT2D eigenvalue weighted by atomic mass is 79.9. The van der Waals surface area contributed by atoms with Gasteiger partial charge < -0.3 is 9.47 Å². The lowest BCUT2D eigenvalue weighted by atomic mass is 10.2. The van der Waals surface area contributed by atoms with Crippen molar-refractivity contribution in [2.75, 3.05) is 13.2 Å². The van der Waals surface area contributed by atoms with Crippen molar-refractivity contribution in [3.8, 4) is 0 Å². The lowest BCUT2D eigenvalue weighted by Crippen LogP contribution is -2.26. The Labute approximate surface area is 97.5 Å². The van der Waals surface area contributed by atoms with Gasteiger partial charge in [0.05, 0.1) is 0 Å². The van der Waals surface area contributed by atoms with Gasteiger partial charge in [-0.25, -0.2) is 4.39 Å². The molecule has 15 heavy (non-hydrogen) atoms. The van der Waals surface area contributed by atoms with Crippen LogP contribution in [0.25, 0.3) is 0 Å². The van der Waals surface area contributed by atoms with E-state index in [1.54, 1.807) is 12.1 Å². The molecule has 84 valence electrons. The van der Waals surface area contributed by atoms with Gasteiger partial charge in [-0.1, -0.05) is 12.1 Å². The third-order valence-corrected chi connectivity index (χ3v) is 2.75. The first kappa shape index (κ1) is 12.6. The molecule has 0 fully saturated rings. The Morgan fingerprint density at radius 3 is 2.33 bits per heavy atom. The summed E-state index contributed by atoms with van der Waals surface area (Å²) in [4.78, 5) is 0. The average Bonchev–Trinajstić information content (AvgIpc) is 2.18. The Morgan fingerprint density at radius 1 is 1.27 bits per heavy atom. The van der Waals surface area contributed by atoms with Crippen LogP contribution in [0.3, 0.4) is 0 Å². The summed E-state index contributed by atoms with van der Waals surface area (Å²) in [5.74, 6) is -0.310. The molecular formula is C11H14BrFO2. The van der Waals surface area contributed by atoms with E-state index in [0.29, 0.717) is 18.8 Å². The Balaban J connectivity index is 2.97. The fraction of sp³-hybridized carbons (Fsp3) is 0.455. The fourth-order valence-corrected chi connectivity index (χ4v) is 1.96. The van der Waals surface area contributed by atoms with Gasteiger partial charge in [0.1, 0.15) is 5.82 Å². The second kappa shape index (κ2) is 5.58. The van der Waals surface area contributed by atoms with E-state index in [-0.39, 0.29) is 5.82 Å². The van der Waals surface area contributed by atoms with Crippen molar-refractivity contribution in [3.05, 3.63) is 35.6 Å². The largest absolute Gasteiger partial charge is 0.337 e. The minimum absolute atomic E-state index is 0.310. The summed E-state index contributed by atoms with van der Waals surface area (Å²) >= 11 is 3.34. The molecule has 0 spiro atoms. The quantitative estimate of drug-likeness (QED) is 0.606. The Morgan fingerprint density at radius 2 is 1.87 bits per heavy atom. The number of benzene rings is 1. The summed E-state index contributed by atoms with van der Waals surface area (Å²) in [6, 6.07) is 6.15. The van der Waals surface area contributed by atoms with Crippen molar-refractivity contribution in [3.63, 3.8) is 0 Å². The zero-order valence-electron chi connectivity index (χ0n) is 8.80. The zero-order chi connectivity index (χ0) is 11.3. The van der Waals surface area contributed by atoms with E-state index in [9.17, 15) is 4.39 Å². The third-order valence-electron chi connectivity index (χ3n) is 1.83. The van der Waals surface area contributed by atoms with Crippen LogP contribution in [0, 0.1) is 5.82 Å². The Hall–Kier alpha value is -0.450. The van der Waals surface area contributed by atoms with Crippen LogP contribution >= 0.6 is 15.9 Å². The van der Waals surface area contributed by atoms with Gasteiger partial charge in [0.2, 0.25) is 0 Å². The molecule has 0 aliphatic carbocycles. The summed E-state index contributed by atoms with van der Waals surface area (Å²) in [5.41, 5.74) is 0.617. The molecule has 0 saturated heterocycles. The molecule has 0 bridgehead atoms. The average molecular weight is 277 g/mol. The van der Waals surface area contributed by atoms with Crippen LogP contribution in [0.2, 0.25) is 0 Å². The Bertz CT molecular complexity index is 311. The predicted molar refractivity (Wildman–Crippen MR) is 60.3 cm³/mol. The number of ether oxygens (including phenoxy) is 2. The number of alkyl halides is 1. The van der Waals surface area contributed by atoms with E-state index >= 15 is 0 Å². The maximum Gasteiger partial charge on any atom is 0.254 e. The molecule has 1 aromatic rings. The molecule has 0 aliphatic heterocycles. The van der Waals surface area contributed by atoms with Crippen LogP contribution < -0.4 is 0 Å². The molecule has 0 saturated carbocycles. The standard InChI is InChI=1S/C11H14BrFO2/c1-3-14-11(12,15-4-2)9-6-5-7-10(13)8-9/h5-8H,3-4H2,1-2H3. The summed E-state index contributed by atoms with van der Waals surface area (Å²) in [6.07, 6.45) is 0. The van der Waals surface area contributed by atoms with E-state index in [0.717, 1.165) is 0 Å². The lowest BCUT2D eigenvalue weighted by Gasteiger charge is -2.27. The fourth-order valence-electron chi connectivity index (χ4n) is 1.25. The minimum Gasteiger partial charge on any atom is -0.337 e. The van der Waals surface area contributed by atoms with Gasteiger partial charge in [0.15, 0.2) is 0 Å². The topological polar surface area (TPSA) is 18.5 Å². The first-order valence-corrected chi connectivity index (χ1v) is 5.64. The normalized spacial score (nSPS) is 11.7. The van der Waals surface area contributed by atoms with E-state index in [1.807, 2.05) is 13.8 Å². The van der Waals surface area contributed by atoms with Crippen molar-refractivity contribution < 1.29 is 13.9 Å². The molecule has 0 amide bonds. The molecule has 1 rings (SSSR count). The van der Waals surface area contributed by atoms with Crippen LogP contribution in [0.4, 0.5) is 4.39 Å². The number of rotatable bonds is 5. The smallest absolute Gasteiger partial charge is 0.254 e. The zero-order valence-corrected chi connectivity index (χ0v) is 10.4. The third kappa shape index (κ3) is 3.26. The van der Waals surface area contributed by atoms with E-state index in [1.165, 1.54) is 12.1 Å². The highest BCUT2D eigenvalue weighted by molar-refractivity contribution is 9.09. The molecule has 1 aromatic carbocycles. The highest BCUT2D eigenvalue weighted by Crippen LogP contribution is 2.34. The Kier molecular flexibility index (Phi) is 4.70. The number of hydrogen-bond donors (Lipinski definition) is 0. The SMILES string of the molecule is CCOC(Br)(OCC)c1cccc(F)c1. The van der Waals surface area contributed by atoms with E-state index in [4.69, 9.17) is 9.47 Å². The van der Waals surface area contributed by atoms with Crippen molar-refractivity contribution in [2.45, 2.75) is 18.5 Å². The number of hydrogen-bond acceptors (Lipinski definition) is 2. The van der Waals surface area contributed by atoms with Crippen LogP contribution in [-0.2, 0) is 14.2 Å². The molecule has 0 radical (unpaired) electrons. The van der Waals surface area contributed by atoms with Crippen molar-refractivity contribution in [2.24, 2.45) is 0 Å². The monoisotopic (exact) mass is 276 g/mol. The molecule has 4 heteroatoms. The predicted octanol–water partition coefficient (Wildman–Crippen LogP) is 3.40. The van der Waals surface area contributed by atoms with Crippen LogP contribution in [0.15, 0.2) is 24.3 Å². The molecule has 0 atom stereocenters. The van der Waals surface area contributed by atoms with E-state index in [2.05, 4.69) is 15.9 Å². The van der Waals surface area contributed by atoms with Gasteiger partial charge in [-0.05, 0) is 41.9 Å². The van der Waals surface area contributed by atoms with Gasteiger partial charge in [0.25, 0.3) is 4.70 Å². The maximum atomic E-state index is 13.0. The summed E-state index contributed by atoms with van der Waals surface area (Å²) in [5, 5.41) is 0. The maximum absolute atomic E-state index is 13.0. The summed E-state index contributed by atoms with van der Waals surface area (Å²) < 4.78 is 22.9. The summed E-state index contributed by atoms with van der Waals surface area (Å²) in [7, 11) is 0. The summed E-state index contributed by atoms with van der Waals surface area (Å²) in [6.45, 7) is 4.66. The van der Waals surface area contributed by atoms with Gasteiger partial charge in [-0.15, -0.1) is 0 Å². The first-order valence-electron chi connectivity index (χ1n) is 4.85. The molecular weight excluding hydrogens is 263 g/mol. The van der Waals surface area contributed by atoms with Crippen molar-refractivity contribution >= 4 is 15.9 Å². The van der Waals surface area contributed by atoms with Gasteiger partial charge in [0, 0.05) is 18.8 Å². The molecule has 0 heterocycles. The minimum atomic E-state index is -1.04. The van der Waals surface area contributed by atoms with Crippen molar-refractivity contribution in [1.29, 1.82) is 0 Å². The van der Waals surface area contributed by atoms with Crippen LogP contribution in [0.1, 0.15) is 19.4 Å². The highest BCUT2D eigenvalue weighted by Gasteiger charge is 2.30. The molecule has 2 nitrogen and oxygen atoms in total. The molecule has 0 unspecified atom stereocenters. The molecule has 0 N–H and O–H groups in total. The number of halogens is 2. The second-order valence-corrected chi connectivity index (χ2v) is 3.96. The van der Waals surface area contributed by atoms with E-state index < -0.39 is 4.70 Å². The molecule has 0 aliphatic rings. The van der Waals surface area contributed by atoms with Crippen LogP contribution in [-0.4, -0.2) is 13.2 Å². The van der Waals surface area contributed by atoms with Gasteiger partial charge >= 0.3 is 0 Å². The van der Waals surface area contributed by atoms with Crippen LogP contribution in [0.5, 0.6) is 0 Å². The van der Waals surface area contributed by atoms with Crippen molar-refractivity contribution in [1.82, 2.24) is 0 Å². The van der Waals surface area contributed by atoms with Gasteiger partial charge in [-0.2, -0.15) is 0 Å². The molecule has 0 aromatic heterocycles. The lowest BCUT2D eigenvalue weighted by molar-refractivity contribution is -0.166. The second-order valence-electron chi connectivity index (χ2n) is 2.91. The van der Waals surface area contributed by atoms with Gasteiger partial charge in [-0.3, -0.25) is 0 Å².